The molecule has 1 spiro atoms. The number of nitrogens with one attached hydrogen (secondary N) is 2. The van der Waals surface area contributed by atoms with E-state index >= 15 is 0 Å². The fraction of sp³-hybridized carbons (Fsp3) is 0.515. The predicted octanol–water partition coefficient (Wildman–Crippen LogP) is 4.73. The van der Waals surface area contributed by atoms with Crippen molar-refractivity contribution in [2.24, 2.45) is 11.8 Å². The summed E-state index contributed by atoms with van der Waals surface area (Å²) in [5.74, 6) is -0.0156. The van der Waals surface area contributed by atoms with Crippen LogP contribution in [0, 0.1) is 11.8 Å². The van der Waals surface area contributed by atoms with Crippen LogP contribution in [-0.4, -0.2) is 65.5 Å². The summed E-state index contributed by atoms with van der Waals surface area (Å²) in [4.78, 5) is 27.7. The Balaban J connectivity index is 1.44. The largest absolute Gasteiger partial charge is 0.490 e. The van der Waals surface area contributed by atoms with Gasteiger partial charge in [0.2, 0.25) is 0 Å². The topological polar surface area (TPSA) is 123 Å². The van der Waals surface area contributed by atoms with Gasteiger partial charge >= 0.3 is 6.09 Å². The molecule has 0 radical (unpaired) electrons. The fourth-order valence-corrected chi connectivity index (χ4v) is 8.38. The summed E-state index contributed by atoms with van der Waals surface area (Å²) in [7, 11) is -2.70. The van der Waals surface area contributed by atoms with Crippen LogP contribution in [0.2, 0.25) is 5.02 Å². The van der Waals surface area contributed by atoms with E-state index in [9.17, 15) is 18.0 Å². The normalized spacial score (nSPS) is 29.5. The number of alkyl carbamates (subject to hydrolysis) is 1. The molecule has 242 valence electrons. The highest BCUT2D eigenvalue weighted by molar-refractivity contribution is 7.90. The first-order valence-corrected chi connectivity index (χ1v) is 17.3. The van der Waals surface area contributed by atoms with E-state index in [1.165, 1.54) is 38.1 Å². The number of rotatable bonds is 1. The number of carbonyl (C=O) groups excluding carboxylic acids is 2. The van der Waals surface area contributed by atoms with Crippen molar-refractivity contribution >= 4 is 39.3 Å². The lowest BCUT2D eigenvalue weighted by Crippen LogP contribution is -2.50. The Bertz CT molecular complexity index is 1630. The van der Waals surface area contributed by atoms with Crippen LogP contribution in [0.1, 0.15) is 50.7 Å². The monoisotopic (exact) mass is 657 g/mol. The predicted molar refractivity (Wildman–Crippen MR) is 170 cm³/mol. The molecule has 2 N–H and O–H groups in total. The number of nitrogens with zero attached hydrogens (tertiary/aromatic N) is 1. The maximum Gasteiger partial charge on any atom is 0.407 e. The third-order valence-corrected chi connectivity index (χ3v) is 11.3. The lowest BCUT2D eigenvalue weighted by Gasteiger charge is -2.45. The molecule has 2 aliphatic carbocycles. The van der Waals surface area contributed by atoms with Crippen LogP contribution in [0.25, 0.3) is 0 Å². The third kappa shape index (κ3) is 6.26. The van der Waals surface area contributed by atoms with Crippen molar-refractivity contribution in [1.82, 2.24) is 10.0 Å². The molecule has 1 saturated carbocycles. The molecule has 45 heavy (non-hydrogen) atoms. The van der Waals surface area contributed by atoms with Crippen LogP contribution >= 0.6 is 11.6 Å². The maximum atomic E-state index is 13.5. The number of hydrogen-bond acceptors (Lipinski definition) is 8. The van der Waals surface area contributed by atoms with E-state index in [4.69, 9.17) is 25.8 Å². The Kier molecular flexibility index (Phi) is 8.56. The molecule has 2 bridgehead atoms. The molecule has 4 atom stereocenters. The van der Waals surface area contributed by atoms with Crippen LogP contribution in [0.5, 0.6) is 5.75 Å². The van der Waals surface area contributed by atoms with Gasteiger partial charge in [-0.15, -0.1) is 0 Å². The Hall–Kier alpha value is -3.28. The average molecular weight is 658 g/mol. The van der Waals surface area contributed by atoms with Crippen LogP contribution in [0.4, 0.5) is 10.5 Å². The van der Waals surface area contributed by atoms with Crippen LogP contribution < -0.4 is 19.7 Å². The number of hydrogen-bond donors (Lipinski definition) is 2. The zero-order valence-electron chi connectivity index (χ0n) is 25.8. The summed E-state index contributed by atoms with van der Waals surface area (Å²) in [6.45, 7) is 4.68. The van der Waals surface area contributed by atoms with E-state index in [1.807, 2.05) is 18.2 Å². The van der Waals surface area contributed by atoms with Crippen LogP contribution in [0.3, 0.4) is 0 Å². The summed E-state index contributed by atoms with van der Waals surface area (Å²) in [6.07, 6.45) is 7.11. The Morgan fingerprint density at radius 3 is 2.76 bits per heavy atom. The molecule has 0 aromatic heterocycles. The molecule has 4 aliphatic rings. The zero-order chi connectivity index (χ0) is 32.0. The van der Waals surface area contributed by atoms with Crippen molar-refractivity contribution in [3.05, 3.63) is 64.7 Å². The van der Waals surface area contributed by atoms with Gasteiger partial charge in [-0.05, 0) is 99.4 Å². The van der Waals surface area contributed by atoms with Crippen molar-refractivity contribution in [2.45, 2.75) is 68.0 Å². The summed E-state index contributed by atoms with van der Waals surface area (Å²) in [6, 6.07) is 10.8. The van der Waals surface area contributed by atoms with Crippen molar-refractivity contribution in [3.8, 4) is 5.75 Å². The molecule has 2 aromatic carbocycles. The van der Waals surface area contributed by atoms with Gasteiger partial charge in [0.15, 0.2) is 0 Å². The number of benzene rings is 2. The second kappa shape index (κ2) is 12.1. The highest BCUT2D eigenvalue weighted by Gasteiger charge is 2.45. The Labute approximate surface area is 269 Å². The molecule has 10 nitrogen and oxygen atoms in total. The lowest BCUT2D eigenvalue weighted by atomic mass is 9.68. The molecule has 2 aliphatic heterocycles. The van der Waals surface area contributed by atoms with E-state index in [0.29, 0.717) is 36.2 Å². The second-order valence-electron chi connectivity index (χ2n) is 13.0. The number of aryl methyl sites for hydroxylation is 1. The van der Waals surface area contributed by atoms with Gasteiger partial charge in [-0.2, -0.15) is 0 Å². The number of anilines is 1. The highest BCUT2D eigenvalue weighted by atomic mass is 35.5. The van der Waals surface area contributed by atoms with Gasteiger partial charge in [0, 0.05) is 36.5 Å². The zero-order valence-corrected chi connectivity index (χ0v) is 27.4. The Morgan fingerprint density at radius 1 is 1.18 bits per heavy atom. The third-order valence-electron chi connectivity index (χ3n) is 9.76. The number of fused-ring (bicyclic) bond motifs is 4. The molecule has 2 heterocycles. The molecule has 0 saturated heterocycles. The van der Waals surface area contributed by atoms with Gasteiger partial charge in [0.25, 0.3) is 15.9 Å². The van der Waals surface area contributed by atoms with Gasteiger partial charge in [-0.3, -0.25) is 4.79 Å². The molecule has 1 fully saturated rings. The SMILES string of the molecule is CNC(=O)O[C@H]1/C=C/COC(C)(C)C(=O)NS(=O)(=O)c2ccc3c(c2)N(C[C@@H]2CC[C@H]21)C[C@@]1(CCCc2cc(Cl)ccc21)CO3. The number of halogens is 1. The first-order chi connectivity index (χ1) is 21.4. The van der Waals surface area contributed by atoms with Crippen LogP contribution in [0.15, 0.2) is 53.4 Å². The first-order valence-electron chi connectivity index (χ1n) is 15.5. The van der Waals surface area contributed by atoms with E-state index in [1.54, 1.807) is 18.2 Å². The minimum absolute atomic E-state index is 0.0275. The van der Waals surface area contributed by atoms with E-state index < -0.39 is 33.7 Å². The molecule has 6 rings (SSSR count). The fourth-order valence-electron chi connectivity index (χ4n) is 7.07. The number of ether oxygens (including phenoxy) is 3. The van der Waals surface area contributed by atoms with Crippen molar-refractivity contribution in [3.63, 3.8) is 0 Å². The molecule has 12 heteroatoms. The summed E-state index contributed by atoms with van der Waals surface area (Å²) in [5.41, 5.74) is 1.27. The first kappa shape index (κ1) is 31.7. The molecule has 2 aromatic rings. The highest BCUT2D eigenvalue weighted by Crippen LogP contribution is 2.47. The van der Waals surface area contributed by atoms with E-state index in [-0.39, 0.29) is 28.8 Å². The molecule has 2 amide bonds. The van der Waals surface area contributed by atoms with Gasteiger partial charge in [-0.1, -0.05) is 23.7 Å². The summed E-state index contributed by atoms with van der Waals surface area (Å²) >= 11 is 6.40. The molecule has 0 unspecified atom stereocenters. The van der Waals surface area contributed by atoms with Crippen LogP contribution in [-0.2, 0) is 36.1 Å². The van der Waals surface area contributed by atoms with E-state index in [2.05, 4.69) is 21.0 Å². The van der Waals surface area contributed by atoms with Crippen molar-refractivity contribution < 1.29 is 32.2 Å². The van der Waals surface area contributed by atoms with Gasteiger partial charge in [0.05, 0.1) is 23.8 Å². The molecular weight excluding hydrogens is 618 g/mol. The minimum Gasteiger partial charge on any atom is -0.490 e. The average Bonchev–Trinajstić information content (AvgIpc) is 3.13. The minimum atomic E-state index is -4.22. The smallest absolute Gasteiger partial charge is 0.407 e. The van der Waals surface area contributed by atoms with Crippen molar-refractivity contribution in [1.29, 1.82) is 0 Å². The van der Waals surface area contributed by atoms with Crippen molar-refractivity contribution in [2.75, 3.05) is 38.3 Å². The molecular formula is C33H40ClN3O7S. The van der Waals surface area contributed by atoms with Gasteiger partial charge < -0.3 is 24.4 Å². The number of sulfonamides is 1. The van der Waals surface area contributed by atoms with Gasteiger partial charge in [-0.25, -0.2) is 17.9 Å². The summed E-state index contributed by atoms with van der Waals surface area (Å²) in [5, 5.41) is 3.25. The standard InChI is InChI=1S/C33H40ClN3O7S/c1-32(2)30(38)36-45(40,41)24-10-13-29-27(17-24)37(18-22-8-11-25(22)28(7-5-15-43-32)44-31(39)35-3)19-33(20-42-29)14-4-6-21-16-23(34)9-12-26(21)33/h5,7,9-10,12-13,16-17,22,25,28H,4,6,8,11,14-15,18-20H2,1-3H3,(H,35,39)(H,36,38)/b7-5+/t22-,25+,28-,33-/m0/s1. The number of carbonyl (C=O) groups is 2. The quantitative estimate of drug-likeness (QED) is 0.422. The second-order valence-corrected chi connectivity index (χ2v) is 15.2. The number of amides is 2. The Morgan fingerprint density at radius 2 is 2.00 bits per heavy atom. The van der Waals surface area contributed by atoms with E-state index in [0.717, 1.165) is 32.1 Å². The maximum absolute atomic E-state index is 13.5. The summed E-state index contributed by atoms with van der Waals surface area (Å²) < 4.78 is 47.4. The van der Waals surface area contributed by atoms with Gasteiger partial charge in [0.1, 0.15) is 17.5 Å². The lowest BCUT2D eigenvalue weighted by molar-refractivity contribution is -0.139.